The van der Waals surface area contributed by atoms with Crippen LogP contribution < -0.4 is 19.7 Å². The molecule has 0 saturated carbocycles. The number of carbonyl (C=O) groups is 3. The van der Waals surface area contributed by atoms with Gasteiger partial charge in [-0.05, 0) is 74.6 Å². The van der Waals surface area contributed by atoms with Crippen LogP contribution in [0.4, 0.5) is 11.4 Å². The summed E-state index contributed by atoms with van der Waals surface area (Å²) in [6, 6.07) is 22.6. The molecule has 1 atom stereocenters. The Morgan fingerprint density at radius 1 is 0.976 bits per heavy atom. The molecule has 1 aliphatic rings. The number of anilines is 2. The molecule has 9 nitrogen and oxygen atoms in total. The van der Waals surface area contributed by atoms with E-state index >= 15 is 0 Å². The molecule has 1 heterocycles. The number of ether oxygens (including phenoxy) is 3. The monoisotopic (exact) mass is 560 g/mol. The van der Waals surface area contributed by atoms with Crippen LogP contribution in [0.1, 0.15) is 48.5 Å². The summed E-state index contributed by atoms with van der Waals surface area (Å²) in [7, 11) is 0. The minimum absolute atomic E-state index is 0.000583. The van der Waals surface area contributed by atoms with Crippen molar-refractivity contribution in [3.8, 4) is 11.5 Å². The molecule has 0 fully saturated rings. The van der Waals surface area contributed by atoms with Crippen molar-refractivity contribution in [1.82, 2.24) is 0 Å². The number of nitrogens with one attached hydrogen (secondary N) is 1. The molecule has 1 amide bonds. The highest BCUT2D eigenvalue weighted by Crippen LogP contribution is 2.40. The van der Waals surface area contributed by atoms with E-state index in [1.807, 2.05) is 29.2 Å². The predicted octanol–water partition coefficient (Wildman–Crippen LogP) is 5.34. The molecule has 0 saturated heterocycles. The minimum Gasteiger partial charge on any atom is -0.494 e. The Kier molecular flexibility index (Phi) is 10.6. The van der Waals surface area contributed by atoms with Crippen LogP contribution in [-0.2, 0) is 20.7 Å². The summed E-state index contributed by atoms with van der Waals surface area (Å²) in [5.74, 6) is -0.710. The number of rotatable bonds is 14. The first-order valence-corrected chi connectivity index (χ1v) is 14.0. The topological polar surface area (TPSA) is 114 Å². The number of unbranched alkanes of at least 4 members (excludes halogenated alkanes) is 1. The maximum Gasteiger partial charge on any atom is 0.349 e. The lowest BCUT2D eigenvalue weighted by Gasteiger charge is -2.36. The lowest BCUT2D eigenvalue weighted by molar-refractivity contribution is -0.151. The fourth-order valence-corrected chi connectivity index (χ4v) is 4.63. The summed E-state index contributed by atoms with van der Waals surface area (Å²) >= 11 is 0. The Morgan fingerprint density at radius 3 is 2.49 bits per heavy atom. The molecule has 0 bridgehead atoms. The van der Waals surface area contributed by atoms with E-state index in [-0.39, 0.29) is 25.5 Å². The highest BCUT2D eigenvalue weighted by molar-refractivity contribution is 6.05. The number of carboxylic acids is 1. The van der Waals surface area contributed by atoms with Crippen molar-refractivity contribution in [3.63, 3.8) is 0 Å². The minimum atomic E-state index is -0.908. The van der Waals surface area contributed by atoms with Gasteiger partial charge in [0, 0.05) is 18.5 Å². The standard InChI is InChI=1S/C32H36N2O7/c1-2-39-32(38)28-22-34(20-9-15-29(35)36)27-14-8-13-26(30(27)41-28)33-31(37)24-16-18-25(19-17-24)40-21-7-6-12-23-10-4-3-5-11-23/h3-5,8,10-11,13-14,16-19,28H,2,6-7,9,12,15,20-22H2,1H3,(H,33,37)(H,35,36). The van der Waals surface area contributed by atoms with Crippen LogP contribution in [0.2, 0.25) is 0 Å². The molecule has 1 aliphatic heterocycles. The number of benzene rings is 3. The van der Waals surface area contributed by atoms with Crippen LogP contribution in [-0.4, -0.2) is 55.4 Å². The fourth-order valence-electron chi connectivity index (χ4n) is 4.63. The average Bonchev–Trinajstić information content (AvgIpc) is 2.98. The number of aliphatic carboxylic acids is 1. The largest absolute Gasteiger partial charge is 0.494 e. The van der Waals surface area contributed by atoms with Gasteiger partial charge in [-0.3, -0.25) is 9.59 Å². The van der Waals surface area contributed by atoms with E-state index in [9.17, 15) is 14.4 Å². The predicted molar refractivity (Wildman–Crippen MR) is 156 cm³/mol. The first-order valence-electron chi connectivity index (χ1n) is 14.0. The van der Waals surface area contributed by atoms with Crippen molar-refractivity contribution < 1.29 is 33.7 Å². The van der Waals surface area contributed by atoms with Crippen LogP contribution in [0, 0.1) is 0 Å². The normalized spacial score (nSPS) is 14.0. The van der Waals surface area contributed by atoms with Crippen molar-refractivity contribution in [3.05, 3.63) is 83.9 Å². The van der Waals surface area contributed by atoms with Gasteiger partial charge < -0.3 is 29.5 Å². The molecule has 2 N–H and O–H groups in total. The summed E-state index contributed by atoms with van der Waals surface area (Å²) in [5.41, 5.74) is 2.83. The SMILES string of the molecule is CCOC(=O)C1CN(CCCC(=O)O)c2cccc(NC(=O)c3ccc(OCCCCc4ccccc4)cc3)c2O1. The van der Waals surface area contributed by atoms with E-state index in [0.717, 1.165) is 19.3 Å². The van der Waals surface area contributed by atoms with Crippen LogP contribution in [0.15, 0.2) is 72.8 Å². The van der Waals surface area contributed by atoms with E-state index in [2.05, 4.69) is 17.4 Å². The zero-order valence-corrected chi connectivity index (χ0v) is 23.2. The second kappa shape index (κ2) is 14.7. The van der Waals surface area contributed by atoms with Crippen molar-refractivity contribution in [1.29, 1.82) is 0 Å². The molecular weight excluding hydrogens is 524 g/mol. The van der Waals surface area contributed by atoms with Crippen molar-refractivity contribution in [2.45, 2.75) is 45.1 Å². The van der Waals surface area contributed by atoms with Crippen LogP contribution >= 0.6 is 0 Å². The highest BCUT2D eigenvalue weighted by Gasteiger charge is 2.33. The lowest BCUT2D eigenvalue weighted by Crippen LogP contribution is -2.46. The summed E-state index contributed by atoms with van der Waals surface area (Å²) in [5, 5.41) is 11.9. The molecule has 9 heteroatoms. The van der Waals surface area contributed by atoms with Gasteiger partial charge in [-0.15, -0.1) is 0 Å². The number of nitrogens with zero attached hydrogens (tertiary/aromatic N) is 1. The molecule has 3 aromatic carbocycles. The van der Waals surface area contributed by atoms with Gasteiger partial charge >= 0.3 is 11.9 Å². The van der Waals surface area contributed by atoms with Crippen LogP contribution in [0.5, 0.6) is 11.5 Å². The van der Waals surface area contributed by atoms with Gasteiger partial charge in [0.15, 0.2) is 5.75 Å². The molecule has 3 aromatic rings. The number of hydrogen-bond acceptors (Lipinski definition) is 7. The van der Waals surface area contributed by atoms with Gasteiger partial charge in [0.05, 0.1) is 31.1 Å². The van der Waals surface area contributed by atoms with Gasteiger partial charge in [0.2, 0.25) is 6.10 Å². The van der Waals surface area contributed by atoms with Gasteiger partial charge in [-0.1, -0.05) is 36.4 Å². The first-order chi connectivity index (χ1) is 19.9. The van der Waals surface area contributed by atoms with E-state index < -0.39 is 18.0 Å². The third-order valence-corrected chi connectivity index (χ3v) is 6.69. The number of hydrogen-bond donors (Lipinski definition) is 2. The molecule has 216 valence electrons. The Bertz CT molecular complexity index is 1310. The smallest absolute Gasteiger partial charge is 0.349 e. The van der Waals surface area contributed by atoms with E-state index in [4.69, 9.17) is 19.3 Å². The Labute approximate surface area is 240 Å². The first kappa shape index (κ1) is 29.5. The maximum atomic E-state index is 13.1. The lowest BCUT2D eigenvalue weighted by atomic mass is 10.1. The number of amides is 1. The molecule has 41 heavy (non-hydrogen) atoms. The Hall–Kier alpha value is -4.53. The Balaban J connectivity index is 1.37. The van der Waals surface area contributed by atoms with Crippen molar-refractivity contribution in [2.75, 3.05) is 36.5 Å². The maximum absolute atomic E-state index is 13.1. The zero-order chi connectivity index (χ0) is 29.0. The third-order valence-electron chi connectivity index (χ3n) is 6.69. The zero-order valence-electron chi connectivity index (χ0n) is 23.2. The average molecular weight is 561 g/mol. The fraction of sp³-hybridized carbons (Fsp3) is 0.344. The van der Waals surface area contributed by atoms with Crippen LogP contribution in [0.3, 0.4) is 0 Å². The van der Waals surface area contributed by atoms with E-state index in [0.29, 0.717) is 48.0 Å². The summed E-state index contributed by atoms with van der Waals surface area (Å²) in [6.45, 7) is 3.14. The third kappa shape index (κ3) is 8.48. The van der Waals surface area contributed by atoms with Gasteiger partial charge in [0.25, 0.3) is 5.91 Å². The van der Waals surface area contributed by atoms with Gasteiger partial charge in [-0.25, -0.2) is 4.79 Å². The molecular formula is C32H36N2O7. The second-order valence-electron chi connectivity index (χ2n) is 9.73. The number of fused-ring (bicyclic) bond motifs is 1. The molecule has 1 unspecified atom stereocenters. The summed E-state index contributed by atoms with van der Waals surface area (Å²) in [4.78, 5) is 38.6. The van der Waals surface area contributed by atoms with Crippen molar-refractivity contribution >= 4 is 29.2 Å². The summed E-state index contributed by atoms with van der Waals surface area (Å²) < 4.78 is 17.0. The van der Waals surface area contributed by atoms with Gasteiger partial charge in [0.1, 0.15) is 5.75 Å². The number of aryl methyl sites for hydroxylation is 1. The van der Waals surface area contributed by atoms with E-state index in [1.54, 1.807) is 43.3 Å². The number of carboxylic acid groups (broad SMARTS) is 1. The molecule has 0 spiro atoms. The molecule has 0 aromatic heterocycles. The highest BCUT2D eigenvalue weighted by atomic mass is 16.6. The van der Waals surface area contributed by atoms with Gasteiger partial charge in [-0.2, -0.15) is 0 Å². The number of carbonyl (C=O) groups excluding carboxylic acids is 2. The number of para-hydroxylation sites is 1. The molecule has 0 radical (unpaired) electrons. The quantitative estimate of drug-likeness (QED) is 0.201. The van der Waals surface area contributed by atoms with Crippen molar-refractivity contribution in [2.24, 2.45) is 0 Å². The number of esters is 1. The summed E-state index contributed by atoms with van der Waals surface area (Å²) in [6.07, 6.45) is 2.45. The van der Waals surface area contributed by atoms with Crippen LogP contribution in [0.25, 0.3) is 0 Å². The second-order valence-corrected chi connectivity index (χ2v) is 9.73. The molecule has 4 rings (SSSR count). The van der Waals surface area contributed by atoms with E-state index in [1.165, 1.54) is 5.56 Å². The molecule has 0 aliphatic carbocycles. The Morgan fingerprint density at radius 2 is 1.76 bits per heavy atom.